The highest BCUT2D eigenvalue weighted by atomic mass is 16.6. The molecule has 2 aromatic carbocycles. The molecule has 2 rings (SSSR count). The fourth-order valence-electron chi connectivity index (χ4n) is 2.49. The molecule has 0 saturated carbocycles. The molecule has 28 heavy (non-hydrogen) atoms. The number of nitro groups is 1. The summed E-state index contributed by atoms with van der Waals surface area (Å²) in [4.78, 5) is 22.4. The number of amides is 1. The summed E-state index contributed by atoms with van der Waals surface area (Å²) in [5.74, 6) is 1.17. The maximum Gasteiger partial charge on any atom is 0.273 e. The van der Waals surface area contributed by atoms with Gasteiger partial charge in [-0.05, 0) is 37.1 Å². The van der Waals surface area contributed by atoms with E-state index in [1.54, 1.807) is 13.2 Å². The number of nitrogens with one attached hydrogen (secondary N) is 1. The summed E-state index contributed by atoms with van der Waals surface area (Å²) < 4.78 is 16.3. The van der Waals surface area contributed by atoms with Gasteiger partial charge in [0.1, 0.15) is 5.75 Å². The van der Waals surface area contributed by atoms with Crippen LogP contribution in [0.25, 0.3) is 0 Å². The van der Waals surface area contributed by atoms with Gasteiger partial charge in [0.05, 0.1) is 30.7 Å². The van der Waals surface area contributed by atoms with Crippen LogP contribution in [0.1, 0.15) is 31.9 Å². The molecular weight excluding hydrogens is 364 g/mol. The molecule has 0 aliphatic rings. The predicted molar refractivity (Wildman–Crippen MR) is 104 cm³/mol. The van der Waals surface area contributed by atoms with Crippen molar-refractivity contribution in [1.82, 2.24) is 5.32 Å². The van der Waals surface area contributed by atoms with Crippen LogP contribution in [0.2, 0.25) is 0 Å². The molecule has 0 bridgehead atoms. The number of non-ortho nitro benzene ring substituents is 1. The summed E-state index contributed by atoms with van der Waals surface area (Å²) in [7, 11) is 1.56. The van der Waals surface area contributed by atoms with Gasteiger partial charge < -0.3 is 19.5 Å². The Kier molecular flexibility index (Phi) is 7.62. The third kappa shape index (κ3) is 5.87. The Bertz CT molecular complexity index is 824. The molecule has 0 radical (unpaired) electrons. The van der Waals surface area contributed by atoms with Crippen LogP contribution < -0.4 is 19.5 Å². The zero-order valence-electron chi connectivity index (χ0n) is 16.1. The molecule has 8 heteroatoms. The minimum Gasteiger partial charge on any atom is -0.493 e. The van der Waals surface area contributed by atoms with Crippen molar-refractivity contribution in [1.29, 1.82) is 0 Å². The van der Waals surface area contributed by atoms with Crippen LogP contribution in [-0.4, -0.2) is 31.2 Å². The topological polar surface area (TPSA) is 99.9 Å². The Morgan fingerprint density at radius 2 is 1.96 bits per heavy atom. The third-order valence-electron chi connectivity index (χ3n) is 3.93. The van der Waals surface area contributed by atoms with Crippen LogP contribution >= 0.6 is 0 Å². The van der Waals surface area contributed by atoms with E-state index in [1.165, 1.54) is 18.2 Å². The largest absolute Gasteiger partial charge is 0.493 e. The van der Waals surface area contributed by atoms with Gasteiger partial charge in [0.2, 0.25) is 0 Å². The fourth-order valence-corrected chi connectivity index (χ4v) is 2.49. The highest BCUT2D eigenvalue weighted by Crippen LogP contribution is 2.30. The van der Waals surface area contributed by atoms with Crippen LogP contribution in [0, 0.1) is 10.1 Å². The number of hydrogen-bond donors (Lipinski definition) is 1. The number of ether oxygens (including phenoxy) is 3. The van der Waals surface area contributed by atoms with E-state index in [0.29, 0.717) is 18.1 Å². The lowest BCUT2D eigenvalue weighted by molar-refractivity contribution is -0.384. The Balaban J connectivity index is 1.94. The van der Waals surface area contributed by atoms with Gasteiger partial charge in [-0.15, -0.1) is 0 Å². The van der Waals surface area contributed by atoms with E-state index < -0.39 is 4.92 Å². The number of rotatable bonds is 10. The SMILES string of the molecule is CCCOc1ccc(C(C)NC(=O)COc2cccc([N+](=O)[O-])c2)cc1OC. The summed E-state index contributed by atoms with van der Waals surface area (Å²) in [5, 5.41) is 13.6. The van der Waals surface area contributed by atoms with Gasteiger partial charge >= 0.3 is 0 Å². The number of benzene rings is 2. The van der Waals surface area contributed by atoms with Crippen molar-refractivity contribution in [2.75, 3.05) is 20.3 Å². The number of nitro benzene ring substituents is 1. The van der Waals surface area contributed by atoms with E-state index in [0.717, 1.165) is 12.0 Å². The maximum atomic E-state index is 12.2. The molecule has 0 spiro atoms. The van der Waals surface area contributed by atoms with Crippen molar-refractivity contribution in [3.63, 3.8) is 0 Å². The monoisotopic (exact) mass is 388 g/mol. The van der Waals surface area contributed by atoms with Crippen LogP contribution in [0.4, 0.5) is 5.69 Å². The van der Waals surface area contributed by atoms with E-state index in [4.69, 9.17) is 14.2 Å². The van der Waals surface area contributed by atoms with Gasteiger partial charge in [-0.2, -0.15) is 0 Å². The summed E-state index contributed by atoms with van der Waals surface area (Å²) >= 11 is 0. The fraction of sp³-hybridized carbons (Fsp3) is 0.350. The molecule has 1 amide bonds. The van der Waals surface area contributed by atoms with Crippen molar-refractivity contribution >= 4 is 11.6 Å². The van der Waals surface area contributed by atoms with Crippen LogP contribution in [0.5, 0.6) is 17.2 Å². The average Bonchev–Trinajstić information content (AvgIpc) is 2.70. The van der Waals surface area contributed by atoms with Crippen LogP contribution in [0.3, 0.4) is 0 Å². The van der Waals surface area contributed by atoms with Crippen molar-refractivity contribution in [3.05, 3.63) is 58.1 Å². The van der Waals surface area contributed by atoms with E-state index in [-0.39, 0.29) is 30.0 Å². The molecule has 0 aromatic heterocycles. The minimum absolute atomic E-state index is 0.0937. The zero-order valence-corrected chi connectivity index (χ0v) is 16.1. The summed E-state index contributed by atoms with van der Waals surface area (Å²) in [6, 6.07) is 10.9. The van der Waals surface area contributed by atoms with Crippen molar-refractivity contribution < 1.29 is 23.9 Å². The van der Waals surface area contributed by atoms with E-state index >= 15 is 0 Å². The molecule has 0 heterocycles. The van der Waals surface area contributed by atoms with Crippen LogP contribution in [0.15, 0.2) is 42.5 Å². The average molecular weight is 388 g/mol. The van der Waals surface area contributed by atoms with Crippen molar-refractivity contribution in [2.24, 2.45) is 0 Å². The van der Waals surface area contributed by atoms with Crippen molar-refractivity contribution in [3.8, 4) is 17.2 Å². The number of carbonyl (C=O) groups is 1. The molecule has 1 N–H and O–H groups in total. The first-order chi connectivity index (χ1) is 13.4. The summed E-state index contributed by atoms with van der Waals surface area (Å²) in [6.07, 6.45) is 0.891. The Morgan fingerprint density at radius 3 is 2.64 bits per heavy atom. The van der Waals surface area contributed by atoms with Crippen molar-refractivity contribution in [2.45, 2.75) is 26.3 Å². The van der Waals surface area contributed by atoms with Gasteiger partial charge in [0, 0.05) is 6.07 Å². The lowest BCUT2D eigenvalue weighted by Crippen LogP contribution is -2.31. The van der Waals surface area contributed by atoms with E-state index in [9.17, 15) is 14.9 Å². The van der Waals surface area contributed by atoms with Gasteiger partial charge in [-0.3, -0.25) is 14.9 Å². The minimum atomic E-state index is -0.518. The number of methoxy groups -OCH3 is 1. The first-order valence-corrected chi connectivity index (χ1v) is 8.92. The van der Waals surface area contributed by atoms with Gasteiger partial charge in [0.15, 0.2) is 18.1 Å². The molecule has 0 saturated heterocycles. The van der Waals surface area contributed by atoms with Gasteiger partial charge in [0.25, 0.3) is 11.6 Å². The van der Waals surface area contributed by atoms with Gasteiger partial charge in [-0.1, -0.05) is 19.1 Å². The molecule has 0 aliphatic carbocycles. The first kappa shape index (κ1) is 21.0. The lowest BCUT2D eigenvalue weighted by Gasteiger charge is -2.17. The zero-order chi connectivity index (χ0) is 20.5. The summed E-state index contributed by atoms with van der Waals surface area (Å²) in [6.45, 7) is 4.21. The molecule has 0 fully saturated rings. The second kappa shape index (κ2) is 10.1. The molecular formula is C20H24N2O6. The highest BCUT2D eigenvalue weighted by Gasteiger charge is 2.14. The normalized spacial score (nSPS) is 11.4. The maximum absolute atomic E-state index is 12.2. The standard InChI is InChI=1S/C20H24N2O6/c1-4-10-27-18-9-8-15(11-19(18)26-3)14(2)21-20(23)13-28-17-7-5-6-16(12-17)22(24)25/h5-9,11-12,14H,4,10,13H2,1-3H3,(H,21,23). The molecule has 1 atom stereocenters. The smallest absolute Gasteiger partial charge is 0.273 e. The lowest BCUT2D eigenvalue weighted by atomic mass is 10.1. The quantitative estimate of drug-likeness (QED) is 0.493. The number of hydrogen-bond acceptors (Lipinski definition) is 6. The predicted octanol–water partition coefficient (Wildman–Crippen LogP) is 3.65. The molecule has 1 unspecified atom stereocenters. The first-order valence-electron chi connectivity index (χ1n) is 8.92. The Labute approximate surface area is 163 Å². The van der Waals surface area contributed by atoms with Gasteiger partial charge in [-0.25, -0.2) is 0 Å². The third-order valence-corrected chi connectivity index (χ3v) is 3.93. The number of carbonyl (C=O) groups excluding carboxylic acids is 1. The summed E-state index contributed by atoms with van der Waals surface area (Å²) in [5.41, 5.74) is 0.758. The highest BCUT2D eigenvalue weighted by molar-refractivity contribution is 5.78. The van der Waals surface area contributed by atoms with E-state index in [2.05, 4.69) is 5.32 Å². The molecule has 8 nitrogen and oxygen atoms in total. The van der Waals surface area contributed by atoms with E-state index in [1.807, 2.05) is 32.0 Å². The second-order valence-corrected chi connectivity index (χ2v) is 6.09. The number of nitrogens with zero attached hydrogens (tertiary/aromatic N) is 1. The molecule has 150 valence electrons. The second-order valence-electron chi connectivity index (χ2n) is 6.09. The Hall–Kier alpha value is -3.29. The van der Waals surface area contributed by atoms with Crippen LogP contribution in [-0.2, 0) is 4.79 Å². The molecule has 0 aliphatic heterocycles. The Morgan fingerprint density at radius 1 is 1.18 bits per heavy atom. The molecule has 2 aromatic rings.